The van der Waals surface area contributed by atoms with Gasteiger partial charge in [0, 0.05) is 10.5 Å². The zero-order valence-corrected chi connectivity index (χ0v) is 15.4. The molecule has 126 valence electrons. The van der Waals surface area contributed by atoms with Crippen molar-refractivity contribution >= 4 is 11.8 Å². The summed E-state index contributed by atoms with van der Waals surface area (Å²) in [5.74, 6) is 1.74. The van der Waals surface area contributed by atoms with E-state index in [0.29, 0.717) is 0 Å². The first-order valence-electron chi connectivity index (χ1n) is 8.57. The third kappa shape index (κ3) is 3.56. The molecule has 1 heterocycles. The lowest BCUT2D eigenvalue weighted by atomic mass is 10.0. The molecule has 0 saturated carbocycles. The molecule has 2 heteroatoms. The minimum atomic E-state index is 0.871. The van der Waals surface area contributed by atoms with E-state index in [1.165, 1.54) is 10.5 Å². The van der Waals surface area contributed by atoms with Crippen LogP contribution in [0.3, 0.4) is 0 Å². The molecule has 4 rings (SSSR count). The number of benzene rings is 3. The van der Waals surface area contributed by atoms with Crippen molar-refractivity contribution in [1.82, 2.24) is 0 Å². The summed E-state index contributed by atoms with van der Waals surface area (Å²) in [7, 11) is 0. The molecule has 26 heavy (non-hydrogen) atoms. The number of rotatable bonds is 4. The topological polar surface area (TPSA) is 11.3 Å². The Hall–Kier alpha value is -2.84. The largest absolute Gasteiger partial charge is 0.361 e. The average molecular weight is 355 g/mol. The highest BCUT2D eigenvalue weighted by Gasteiger charge is 2.20. The average Bonchev–Trinajstić information content (AvgIpc) is 2.75. The van der Waals surface area contributed by atoms with Crippen LogP contribution in [0.25, 0.3) is 33.8 Å². The fraction of sp³-hybridized carbons (Fsp3) is 0.0417. The zero-order chi connectivity index (χ0) is 17.8. The summed E-state index contributed by atoms with van der Waals surface area (Å²) in [5.41, 5.74) is 4.49. The van der Waals surface area contributed by atoms with Gasteiger partial charge in [0.15, 0.2) is 0 Å². The number of thioether (sulfide) groups is 1. The van der Waals surface area contributed by atoms with Crippen molar-refractivity contribution in [3.8, 4) is 33.8 Å². The maximum absolute atomic E-state index is 6.25. The first-order valence-corrected chi connectivity index (χ1v) is 9.79. The van der Waals surface area contributed by atoms with E-state index in [1.807, 2.05) is 36.4 Å². The highest BCUT2D eigenvalue weighted by molar-refractivity contribution is 7.98. The highest BCUT2D eigenvalue weighted by Crippen LogP contribution is 2.33. The van der Waals surface area contributed by atoms with E-state index in [-0.39, 0.29) is 0 Å². The van der Waals surface area contributed by atoms with E-state index in [4.69, 9.17) is 4.42 Å². The minimum absolute atomic E-state index is 0.871. The quantitative estimate of drug-likeness (QED) is 0.281. The number of hydrogen-bond acceptors (Lipinski definition) is 1. The number of hydrogen-bond donors (Lipinski definition) is 0. The van der Waals surface area contributed by atoms with Crippen LogP contribution < -0.4 is 0 Å². The SMILES string of the molecule is CSc1ccc(-c2cc(-c3ccccc3)[o+]c(-c3ccccc3)c2)cc1. The van der Waals surface area contributed by atoms with E-state index >= 15 is 0 Å². The Morgan fingerprint density at radius 3 is 1.50 bits per heavy atom. The molecule has 0 aliphatic heterocycles. The molecule has 4 aromatic rings. The molecule has 0 saturated heterocycles. The smallest absolute Gasteiger partial charge is 0.207 e. The Kier molecular flexibility index (Phi) is 4.85. The third-order valence-electron chi connectivity index (χ3n) is 4.33. The van der Waals surface area contributed by atoms with E-state index < -0.39 is 0 Å². The van der Waals surface area contributed by atoms with Crippen molar-refractivity contribution in [3.63, 3.8) is 0 Å². The van der Waals surface area contributed by atoms with E-state index in [2.05, 4.69) is 66.9 Å². The molecule has 1 nitrogen and oxygen atoms in total. The van der Waals surface area contributed by atoms with Crippen molar-refractivity contribution in [2.24, 2.45) is 0 Å². The minimum Gasteiger partial charge on any atom is -0.207 e. The molecule has 3 aromatic carbocycles. The Morgan fingerprint density at radius 2 is 1.04 bits per heavy atom. The van der Waals surface area contributed by atoms with Gasteiger partial charge in [0.05, 0.1) is 23.3 Å². The second-order valence-electron chi connectivity index (χ2n) is 6.04. The van der Waals surface area contributed by atoms with Gasteiger partial charge in [0.2, 0.25) is 0 Å². The van der Waals surface area contributed by atoms with Gasteiger partial charge in [0.1, 0.15) is 0 Å². The summed E-state index contributed by atoms with van der Waals surface area (Å²) in [6, 6.07) is 33.4. The van der Waals surface area contributed by atoms with Crippen LogP contribution in [-0.2, 0) is 0 Å². The van der Waals surface area contributed by atoms with Gasteiger partial charge in [-0.25, -0.2) is 4.42 Å². The lowest BCUT2D eigenvalue weighted by Crippen LogP contribution is -1.86. The lowest BCUT2D eigenvalue weighted by molar-refractivity contribution is 0.582. The van der Waals surface area contributed by atoms with Crippen LogP contribution in [0.2, 0.25) is 0 Å². The Labute approximate surface area is 158 Å². The summed E-state index contributed by atoms with van der Waals surface area (Å²) < 4.78 is 6.25. The molecular formula is C24H19OS+. The van der Waals surface area contributed by atoms with Gasteiger partial charge in [0.25, 0.3) is 0 Å². The summed E-state index contributed by atoms with van der Waals surface area (Å²) in [4.78, 5) is 1.26. The van der Waals surface area contributed by atoms with Gasteiger partial charge in [-0.1, -0.05) is 48.5 Å². The Bertz CT molecular complexity index is 936. The molecule has 0 amide bonds. The molecule has 0 unspecified atom stereocenters. The van der Waals surface area contributed by atoms with E-state index in [9.17, 15) is 0 Å². The maximum atomic E-state index is 6.25. The molecular weight excluding hydrogens is 336 g/mol. The van der Waals surface area contributed by atoms with Gasteiger partial charge < -0.3 is 0 Å². The van der Waals surface area contributed by atoms with Crippen molar-refractivity contribution in [2.45, 2.75) is 4.90 Å². The maximum Gasteiger partial charge on any atom is 0.361 e. The standard InChI is InChI=1S/C24H19OS/c1-26-22-14-12-18(13-15-22)21-16-23(19-8-4-2-5-9-19)25-24(17-21)20-10-6-3-7-11-20/h2-17H,1H3/q+1. The predicted octanol–water partition coefficient (Wildman–Crippen LogP) is 7.28. The van der Waals surface area contributed by atoms with Crippen LogP contribution in [0, 0.1) is 0 Å². The Morgan fingerprint density at radius 1 is 0.538 bits per heavy atom. The second-order valence-corrected chi connectivity index (χ2v) is 6.91. The zero-order valence-electron chi connectivity index (χ0n) is 14.6. The molecule has 1 aromatic heterocycles. The molecule has 0 fully saturated rings. The van der Waals surface area contributed by atoms with Gasteiger partial charge >= 0.3 is 11.5 Å². The third-order valence-corrected chi connectivity index (χ3v) is 5.08. The highest BCUT2D eigenvalue weighted by atomic mass is 32.2. The molecule has 0 spiro atoms. The van der Waals surface area contributed by atoms with Crippen LogP contribution in [0.1, 0.15) is 0 Å². The molecule has 0 atom stereocenters. The summed E-state index contributed by atoms with van der Waals surface area (Å²) in [5, 5.41) is 0. The summed E-state index contributed by atoms with van der Waals surface area (Å²) >= 11 is 1.75. The van der Waals surface area contributed by atoms with Crippen LogP contribution >= 0.6 is 11.8 Å². The fourth-order valence-corrected chi connectivity index (χ4v) is 3.35. The van der Waals surface area contributed by atoms with Crippen molar-refractivity contribution in [2.75, 3.05) is 6.26 Å². The normalized spacial score (nSPS) is 10.7. The fourth-order valence-electron chi connectivity index (χ4n) is 2.94. The molecule has 0 N–H and O–H groups in total. The first kappa shape index (κ1) is 16.6. The van der Waals surface area contributed by atoms with E-state index in [1.54, 1.807) is 11.8 Å². The van der Waals surface area contributed by atoms with Gasteiger partial charge in [-0.2, -0.15) is 0 Å². The summed E-state index contributed by atoms with van der Waals surface area (Å²) in [6.45, 7) is 0. The van der Waals surface area contributed by atoms with E-state index in [0.717, 1.165) is 28.2 Å². The van der Waals surface area contributed by atoms with Gasteiger partial charge in [-0.05, 0) is 48.2 Å². The van der Waals surface area contributed by atoms with Crippen molar-refractivity contribution in [1.29, 1.82) is 0 Å². The van der Waals surface area contributed by atoms with Crippen LogP contribution in [0.15, 0.2) is 106 Å². The van der Waals surface area contributed by atoms with Crippen LogP contribution in [-0.4, -0.2) is 6.26 Å². The van der Waals surface area contributed by atoms with Gasteiger partial charge in [-0.15, -0.1) is 11.8 Å². The van der Waals surface area contributed by atoms with Gasteiger partial charge in [-0.3, -0.25) is 0 Å². The molecule has 0 aliphatic carbocycles. The molecule has 0 aliphatic rings. The van der Waals surface area contributed by atoms with Crippen LogP contribution in [0.5, 0.6) is 0 Å². The molecule has 0 bridgehead atoms. The van der Waals surface area contributed by atoms with Crippen molar-refractivity contribution < 1.29 is 4.42 Å². The second kappa shape index (κ2) is 7.59. The summed E-state index contributed by atoms with van der Waals surface area (Å²) in [6.07, 6.45) is 2.09. The first-order chi connectivity index (χ1) is 12.8. The van der Waals surface area contributed by atoms with Crippen molar-refractivity contribution in [3.05, 3.63) is 97.1 Å². The monoisotopic (exact) mass is 355 g/mol. The Balaban J connectivity index is 1.87. The predicted molar refractivity (Wildman–Crippen MR) is 111 cm³/mol. The lowest BCUT2D eigenvalue weighted by Gasteiger charge is -2.03. The van der Waals surface area contributed by atoms with Crippen LogP contribution in [0.4, 0.5) is 0 Å². The molecule has 0 radical (unpaired) electrons.